The SMILES string of the molecule is COC(=O)C(C)(C)CSc1cccc(N)c1C. The van der Waals surface area contributed by atoms with Gasteiger partial charge in [-0.15, -0.1) is 11.8 Å². The largest absolute Gasteiger partial charge is 0.469 e. The first-order chi connectivity index (χ1) is 7.88. The lowest BCUT2D eigenvalue weighted by Gasteiger charge is -2.21. The van der Waals surface area contributed by atoms with Gasteiger partial charge in [-0.3, -0.25) is 4.79 Å². The molecule has 0 atom stereocenters. The van der Waals surface area contributed by atoms with Crippen molar-refractivity contribution in [2.45, 2.75) is 25.7 Å². The van der Waals surface area contributed by atoms with Crippen molar-refractivity contribution in [1.82, 2.24) is 0 Å². The van der Waals surface area contributed by atoms with Gasteiger partial charge in [0.2, 0.25) is 0 Å². The second-order valence-electron chi connectivity index (χ2n) is 4.63. The Balaban J connectivity index is 2.74. The summed E-state index contributed by atoms with van der Waals surface area (Å²) in [6.45, 7) is 5.75. The number of anilines is 1. The lowest BCUT2D eigenvalue weighted by atomic mass is 9.97. The van der Waals surface area contributed by atoms with Gasteiger partial charge in [-0.1, -0.05) is 6.07 Å². The highest BCUT2D eigenvalue weighted by molar-refractivity contribution is 7.99. The Morgan fingerprint density at radius 2 is 2.12 bits per heavy atom. The molecule has 0 amide bonds. The minimum atomic E-state index is -0.490. The molecule has 2 N–H and O–H groups in total. The number of benzene rings is 1. The molecule has 1 aromatic carbocycles. The number of rotatable bonds is 4. The fraction of sp³-hybridized carbons (Fsp3) is 0.462. The minimum Gasteiger partial charge on any atom is -0.469 e. The van der Waals surface area contributed by atoms with E-state index in [1.807, 2.05) is 39.0 Å². The molecule has 94 valence electrons. The molecule has 0 bridgehead atoms. The fourth-order valence-corrected chi connectivity index (χ4v) is 2.52. The molecule has 1 aromatic rings. The molecule has 0 spiro atoms. The van der Waals surface area contributed by atoms with Gasteiger partial charge in [0.05, 0.1) is 12.5 Å². The van der Waals surface area contributed by atoms with E-state index >= 15 is 0 Å². The van der Waals surface area contributed by atoms with Crippen LogP contribution in [-0.2, 0) is 9.53 Å². The van der Waals surface area contributed by atoms with Crippen LogP contribution in [0, 0.1) is 12.3 Å². The monoisotopic (exact) mass is 253 g/mol. The van der Waals surface area contributed by atoms with E-state index in [0.717, 1.165) is 16.1 Å². The summed E-state index contributed by atoms with van der Waals surface area (Å²) >= 11 is 1.63. The number of methoxy groups -OCH3 is 1. The Morgan fingerprint density at radius 1 is 1.47 bits per heavy atom. The van der Waals surface area contributed by atoms with Crippen LogP contribution in [0.15, 0.2) is 23.1 Å². The van der Waals surface area contributed by atoms with E-state index in [2.05, 4.69) is 0 Å². The van der Waals surface area contributed by atoms with Crippen LogP contribution in [0.1, 0.15) is 19.4 Å². The molecule has 0 aromatic heterocycles. The van der Waals surface area contributed by atoms with Crippen LogP contribution in [-0.4, -0.2) is 18.8 Å². The van der Waals surface area contributed by atoms with Gasteiger partial charge in [-0.05, 0) is 38.5 Å². The molecular weight excluding hydrogens is 234 g/mol. The minimum absolute atomic E-state index is 0.188. The number of esters is 1. The third kappa shape index (κ3) is 3.40. The smallest absolute Gasteiger partial charge is 0.312 e. The fourth-order valence-electron chi connectivity index (χ4n) is 1.38. The molecule has 4 heteroatoms. The summed E-state index contributed by atoms with van der Waals surface area (Å²) in [7, 11) is 1.42. The number of thioether (sulfide) groups is 1. The van der Waals surface area contributed by atoms with E-state index in [4.69, 9.17) is 10.5 Å². The van der Waals surface area contributed by atoms with E-state index in [9.17, 15) is 4.79 Å². The van der Waals surface area contributed by atoms with E-state index in [0.29, 0.717) is 5.75 Å². The number of carbonyl (C=O) groups is 1. The quantitative estimate of drug-likeness (QED) is 0.509. The molecule has 0 radical (unpaired) electrons. The Hall–Kier alpha value is -1.16. The average molecular weight is 253 g/mol. The molecule has 0 aliphatic rings. The van der Waals surface area contributed by atoms with Crippen LogP contribution in [0.4, 0.5) is 5.69 Å². The maximum absolute atomic E-state index is 11.5. The normalized spacial score (nSPS) is 11.3. The van der Waals surface area contributed by atoms with Gasteiger partial charge in [0, 0.05) is 16.3 Å². The third-order valence-corrected chi connectivity index (χ3v) is 4.27. The zero-order valence-corrected chi connectivity index (χ0v) is 11.6. The first-order valence-corrected chi connectivity index (χ1v) is 6.43. The highest BCUT2D eigenvalue weighted by Gasteiger charge is 2.28. The number of hydrogen-bond acceptors (Lipinski definition) is 4. The number of hydrogen-bond donors (Lipinski definition) is 1. The predicted molar refractivity (Wildman–Crippen MR) is 72.1 cm³/mol. The van der Waals surface area contributed by atoms with Crippen LogP contribution in [0.2, 0.25) is 0 Å². The topological polar surface area (TPSA) is 52.3 Å². The zero-order valence-electron chi connectivity index (χ0n) is 10.7. The van der Waals surface area contributed by atoms with Gasteiger partial charge in [-0.2, -0.15) is 0 Å². The molecular formula is C13H19NO2S. The Labute approximate surface area is 107 Å². The van der Waals surface area contributed by atoms with Gasteiger partial charge >= 0.3 is 5.97 Å². The van der Waals surface area contributed by atoms with Crippen LogP contribution < -0.4 is 5.73 Å². The van der Waals surface area contributed by atoms with E-state index in [-0.39, 0.29) is 5.97 Å². The number of carbonyl (C=O) groups excluding carboxylic acids is 1. The van der Waals surface area contributed by atoms with E-state index in [1.54, 1.807) is 11.8 Å². The molecule has 0 saturated heterocycles. The standard InChI is InChI=1S/C13H19NO2S/c1-9-10(14)6-5-7-11(9)17-8-13(2,3)12(15)16-4/h5-7H,8,14H2,1-4H3. The summed E-state index contributed by atoms with van der Waals surface area (Å²) in [6.07, 6.45) is 0. The molecule has 0 heterocycles. The summed E-state index contributed by atoms with van der Waals surface area (Å²) < 4.78 is 4.78. The van der Waals surface area contributed by atoms with E-state index < -0.39 is 5.41 Å². The third-order valence-electron chi connectivity index (χ3n) is 2.65. The van der Waals surface area contributed by atoms with Crippen molar-refractivity contribution in [3.63, 3.8) is 0 Å². The molecule has 1 rings (SSSR count). The van der Waals surface area contributed by atoms with Crippen LogP contribution in [0.5, 0.6) is 0 Å². The molecule has 0 fully saturated rings. The average Bonchev–Trinajstić information content (AvgIpc) is 2.30. The van der Waals surface area contributed by atoms with Gasteiger partial charge in [-0.25, -0.2) is 0 Å². The first-order valence-electron chi connectivity index (χ1n) is 5.45. The summed E-state index contributed by atoms with van der Waals surface area (Å²) in [5.41, 5.74) is 7.20. The maximum atomic E-state index is 11.5. The second kappa shape index (κ2) is 5.45. The molecule has 0 saturated carbocycles. The molecule has 3 nitrogen and oxygen atoms in total. The van der Waals surface area contributed by atoms with Crippen molar-refractivity contribution in [3.8, 4) is 0 Å². The van der Waals surface area contributed by atoms with Gasteiger partial charge in [0.15, 0.2) is 0 Å². The van der Waals surface area contributed by atoms with Crippen molar-refractivity contribution >= 4 is 23.4 Å². The highest BCUT2D eigenvalue weighted by Crippen LogP contribution is 2.32. The number of nitrogens with two attached hydrogens (primary N) is 1. The van der Waals surface area contributed by atoms with Gasteiger partial charge in [0.1, 0.15) is 0 Å². The zero-order chi connectivity index (χ0) is 13.1. The molecule has 0 aliphatic heterocycles. The summed E-state index contributed by atoms with van der Waals surface area (Å²) in [4.78, 5) is 12.7. The second-order valence-corrected chi connectivity index (χ2v) is 5.65. The van der Waals surface area contributed by atoms with Crippen molar-refractivity contribution in [1.29, 1.82) is 0 Å². The van der Waals surface area contributed by atoms with Gasteiger partial charge in [0.25, 0.3) is 0 Å². The Bertz CT molecular complexity index is 416. The molecule has 17 heavy (non-hydrogen) atoms. The van der Waals surface area contributed by atoms with Crippen molar-refractivity contribution in [2.24, 2.45) is 5.41 Å². The first kappa shape index (κ1) is 13.9. The Morgan fingerprint density at radius 3 is 2.71 bits per heavy atom. The van der Waals surface area contributed by atoms with Crippen LogP contribution in [0.3, 0.4) is 0 Å². The predicted octanol–water partition coefficient (Wildman–Crippen LogP) is 2.87. The Kier molecular flexibility index (Phi) is 4.46. The van der Waals surface area contributed by atoms with Crippen LogP contribution >= 0.6 is 11.8 Å². The van der Waals surface area contributed by atoms with Gasteiger partial charge < -0.3 is 10.5 Å². The lowest BCUT2D eigenvalue weighted by Crippen LogP contribution is -2.28. The molecule has 0 aliphatic carbocycles. The van der Waals surface area contributed by atoms with E-state index in [1.165, 1.54) is 7.11 Å². The van der Waals surface area contributed by atoms with Crippen molar-refractivity contribution in [3.05, 3.63) is 23.8 Å². The van der Waals surface area contributed by atoms with Crippen LogP contribution in [0.25, 0.3) is 0 Å². The number of nitrogen functional groups attached to an aromatic ring is 1. The molecule has 0 unspecified atom stereocenters. The summed E-state index contributed by atoms with van der Waals surface area (Å²) in [5, 5.41) is 0. The lowest BCUT2D eigenvalue weighted by molar-refractivity contribution is -0.149. The summed E-state index contributed by atoms with van der Waals surface area (Å²) in [5.74, 6) is 0.482. The van der Waals surface area contributed by atoms with Crippen molar-refractivity contribution in [2.75, 3.05) is 18.6 Å². The van der Waals surface area contributed by atoms with Crippen molar-refractivity contribution < 1.29 is 9.53 Å². The highest BCUT2D eigenvalue weighted by atomic mass is 32.2. The summed E-state index contributed by atoms with van der Waals surface area (Å²) in [6, 6.07) is 5.82. The number of ether oxygens (including phenoxy) is 1. The maximum Gasteiger partial charge on any atom is 0.312 e.